The van der Waals surface area contributed by atoms with Gasteiger partial charge in [-0.15, -0.1) is 0 Å². The summed E-state index contributed by atoms with van der Waals surface area (Å²) in [6, 6.07) is 2.23. The van der Waals surface area contributed by atoms with Crippen molar-refractivity contribution in [1.29, 1.82) is 0 Å². The van der Waals surface area contributed by atoms with Crippen LogP contribution >= 0.6 is 23.2 Å². The highest BCUT2D eigenvalue weighted by atomic mass is 35.5. The first-order valence-corrected chi connectivity index (χ1v) is 7.07. The van der Waals surface area contributed by atoms with Crippen molar-refractivity contribution in [3.8, 4) is 0 Å². The Hall–Kier alpha value is -1.46. The SMILES string of the molecule is CC1(C)CC(=O)C(c2c(Cl)cc([N+](=O)[O-])cc2Cl)C(=O)C1. The lowest BCUT2D eigenvalue weighted by molar-refractivity contribution is -0.384. The number of hydrogen-bond donors (Lipinski definition) is 0. The lowest BCUT2D eigenvalue weighted by atomic mass is 9.69. The third kappa shape index (κ3) is 3.09. The molecule has 1 saturated carbocycles. The van der Waals surface area contributed by atoms with Crippen LogP contribution < -0.4 is 0 Å². The Kier molecular flexibility index (Phi) is 4.08. The summed E-state index contributed by atoms with van der Waals surface area (Å²) in [5.41, 5.74) is -0.482. The third-order valence-corrected chi connectivity index (χ3v) is 4.14. The third-order valence-electron chi connectivity index (χ3n) is 3.51. The van der Waals surface area contributed by atoms with Crippen LogP contribution in [0.15, 0.2) is 12.1 Å². The maximum Gasteiger partial charge on any atom is 0.272 e. The molecule has 0 unspecified atom stereocenters. The largest absolute Gasteiger partial charge is 0.298 e. The number of nitrogens with zero attached hydrogens (tertiary/aromatic N) is 1. The van der Waals surface area contributed by atoms with E-state index in [0.717, 1.165) is 12.1 Å². The zero-order chi connectivity index (χ0) is 15.9. The number of rotatable bonds is 2. The molecule has 1 aliphatic rings. The minimum Gasteiger partial charge on any atom is -0.298 e. The summed E-state index contributed by atoms with van der Waals surface area (Å²) in [7, 11) is 0. The normalized spacial score (nSPS) is 18.9. The van der Waals surface area contributed by atoms with Gasteiger partial charge in [0.05, 0.1) is 15.0 Å². The van der Waals surface area contributed by atoms with Crippen molar-refractivity contribution in [2.45, 2.75) is 32.6 Å². The molecule has 0 aliphatic heterocycles. The molecule has 1 aromatic carbocycles. The van der Waals surface area contributed by atoms with Gasteiger partial charge in [-0.25, -0.2) is 0 Å². The predicted octanol–water partition coefficient (Wildman–Crippen LogP) is 3.94. The number of carbonyl (C=O) groups is 2. The Bertz CT molecular complexity index is 611. The van der Waals surface area contributed by atoms with Crippen molar-refractivity contribution < 1.29 is 14.5 Å². The van der Waals surface area contributed by atoms with Crippen LogP contribution in [0.4, 0.5) is 5.69 Å². The molecule has 0 radical (unpaired) electrons. The minimum atomic E-state index is -1.03. The van der Waals surface area contributed by atoms with Gasteiger partial charge >= 0.3 is 0 Å². The standard InChI is InChI=1S/C14H13Cl2NO4/c1-14(2)5-10(18)13(11(19)6-14)12-8(15)3-7(17(20)21)4-9(12)16/h3-4,13H,5-6H2,1-2H3. The van der Waals surface area contributed by atoms with Gasteiger partial charge < -0.3 is 0 Å². The van der Waals surface area contributed by atoms with Gasteiger partial charge in [0, 0.05) is 30.5 Å². The summed E-state index contributed by atoms with van der Waals surface area (Å²) in [6.07, 6.45) is 0.486. The molecule has 0 heterocycles. The smallest absolute Gasteiger partial charge is 0.272 e. The molecule has 0 saturated heterocycles. The maximum atomic E-state index is 12.3. The number of hydrogen-bond acceptors (Lipinski definition) is 4. The van der Waals surface area contributed by atoms with Gasteiger partial charge in [0.2, 0.25) is 0 Å². The van der Waals surface area contributed by atoms with Gasteiger partial charge in [-0.3, -0.25) is 19.7 Å². The lowest BCUT2D eigenvalue weighted by Gasteiger charge is -2.32. The molecule has 0 N–H and O–H groups in total. The fourth-order valence-electron chi connectivity index (χ4n) is 2.66. The van der Waals surface area contributed by atoms with E-state index in [0.29, 0.717) is 0 Å². The Morgan fingerprint density at radius 3 is 1.95 bits per heavy atom. The van der Waals surface area contributed by atoms with Gasteiger partial charge in [-0.05, 0) is 5.41 Å². The number of nitro benzene ring substituents is 1. The van der Waals surface area contributed by atoms with Crippen molar-refractivity contribution in [3.63, 3.8) is 0 Å². The molecular formula is C14H13Cl2NO4. The quantitative estimate of drug-likeness (QED) is 0.467. The van der Waals surface area contributed by atoms with Crippen LogP contribution in [0.2, 0.25) is 10.0 Å². The highest BCUT2D eigenvalue weighted by Crippen LogP contribution is 2.43. The number of non-ortho nitro benzene ring substituents is 1. The van der Waals surface area contributed by atoms with Gasteiger partial charge in [-0.1, -0.05) is 37.0 Å². The molecule has 112 valence electrons. The van der Waals surface area contributed by atoms with Gasteiger partial charge in [0.15, 0.2) is 0 Å². The van der Waals surface area contributed by atoms with Crippen molar-refractivity contribution >= 4 is 40.5 Å². The Labute approximate surface area is 131 Å². The molecule has 0 amide bonds. The van der Waals surface area contributed by atoms with E-state index in [-0.39, 0.29) is 51.1 Å². The van der Waals surface area contributed by atoms with Crippen LogP contribution in [0.5, 0.6) is 0 Å². The first-order chi connectivity index (χ1) is 9.62. The lowest BCUT2D eigenvalue weighted by Crippen LogP contribution is -2.36. The monoisotopic (exact) mass is 329 g/mol. The van der Waals surface area contributed by atoms with E-state index in [4.69, 9.17) is 23.2 Å². The highest BCUT2D eigenvalue weighted by Gasteiger charge is 2.42. The number of Topliss-reactive ketones (excluding diaryl/α,β-unsaturated/α-hetero) is 2. The van der Waals surface area contributed by atoms with Crippen LogP contribution in [-0.2, 0) is 9.59 Å². The topological polar surface area (TPSA) is 77.3 Å². The molecule has 1 aliphatic carbocycles. The fourth-order valence-corrected chi connectivity index (χ4v) is 3.36. The van der Waals surface area contributed by atoms with E-state index in [9.17, 15) is 19.7 Å². The first kappa shape index (κ1) is 15.9. The summed E-state index contributed by atoms with van der Waals surface area (Å²) in [6.45, 7) is 3.69. The molecular weight excluding hydrogens is 317 g/mol. The van der Waals surface area contributed by atoms with Crippen LogP contribution in [-0.4, -0.2) is 16.5 Å². The first-order valence-electron chi connectivity index (χ1n) is 6.31. The second kappa shape index (κ2) is 5.39. The highest BCUT2D eigenvalue weighted by molar-refractivity contribution is 6.37. The Morgan fingerprint density at radius 2 is 1.57 bits per heavy atom. The average Bonchev–Trinajstić information content (AvgIpc) is 2.29. The molecule has 5 nitrogen and oxygen atoms in total. The number of ketones is 2. The van der Waals surface area contributed by atoms with E-state index >= 15 is 0 Å². The van der Waals surface area contributed by atoms with E-state index in [1.165, 1.54) is 0 Å². The zero-order valence-electron chi connectivity index (χ0n) is 11.5. The molecule has 0 aromatic heterocycles. The Morgan fingerprint density at radius 1 is 1.14 bits per heavy atom. The van der Waals surface area contributed by atoms with E-state index in [2.05, 4.69) is 0 Å². The summed E-state index contributed by atoms with van der Waals surface area (Å²) in [5.74, 6) is -1.54. The molecule has 1 aromatic rings. The molecule has 0 bridgehead atoms. The van der Waals surface area contributed by atoms with E-state index in [1.807, 2.05) is 13.8 Å². The molecule has 0 atom stereocenters. The number of halogens is 2. The maximum absolute atomic E-state index is 12.3. The van der Waals surface area contributed by atoms with Crippen LogP contribution in [0, 0.1) is 15.5 Å². The molecule has 7 heteroatoms. The molecule has 1 fully saturated rings. The van der Waals surface area contributed by atoms with Crippen molar-refractivity contribution in [1.82, 2.24) is 0 Å². The second-order valence-corrected chi connectivity index (χ2v) is 6.78. The number of carbonyl (C=O) groups excluding carboxylic acids is 2. The van der Waals surface area contributed by atoms with E-state index in [1.54, 1.807) is 0 Å². The summed E-state index contributed by atoms with van der Waals surface area (Å²) < 4.78 is 0. The molecule has 0 spiro atoms. The number of benzene rings is 1. The minimum absolute atomic E-state index is 0.0272. The van der Waals surface area contributed by atoms with Crippen molar-refractivity contribution in [2.24, 2.45) is 5.41 Å². The second-order valence-electron chi connectivity index (χ2n) is 5.96. The van der Waals surface area contributed by atoms with Crippen LogP contribution in [0.1, 0.15) is 38.2 Å². The molecule has 2 rings (SSSR count). The fraction of sp³-hybridized carbons (Fsp3) is 0.429. The Balaban J connectivity index is 2.50. The predicted molar refractivity (Wildman–Crippen MR) is 78.9 cm³/mol. The average molecular weight is 330 g/mol. The van der Waals surface area contributed by atoms with Crippen LogP contribution in [0.3, 0.4) is 0 Å². The summed E-state index contributed by atoms with van der Waals surface area (Å²) in [5, 5.41) is 10.7. The van der Waals surface area contributed by atoms with Crippen LogP contribution in [0.25, 0.3) is 0 Å². The van der Waals surface area contributed by atoms with Gasteiger partial charge in [-0.2, -0.15) is 0 Å². The van der Waals surface area contributed by atoms with Gasteiger partial charge in [0.1, 0.15) is 17.5 Å². The number of nitro groups is 1. The van der Waals surface area contributed by atoms with Gasteiger partial charge in [0.25, 0.3) is 5.69 Å². The van der Waals surface area contributed by atoms with Crippen molar-refractivity contribution in [3.05, 3.63) is 37.9 Å². The molecule has 21 heavy (non-hydrogen) atoms. The summed E-state index contributed by atoms with van der Waals surface area (Å²) in [4.78, 5) is 34.7. The zero-order valence-corrected chi connectivity index (χ0v) is 13.0. The van der Waals surface area contributed by atoms with E-state index < -0.39 is 10.8 Å². The van der Waals surface area contributed by atoms with Crippen molar-refractivity contribution in [2.75, 3.05) is 0 Å². The summed E-state index contributed by atoms with van der Waals surface area (Å²) >= 11 is 12.0.